The molecule has 0 saturated heterocycles. The van der Waals surface area contributed by atoms with Crippen LogP contribution in [0.2, 0.25) is 0 Å². The van der Waals surface area contributed by atoms with E-state index in [1.54, 1.807) is 30.3 Å². The first-order valence-electron chi connectivity index (χ1n) is 7.88. The van der Waals surface area contributed by atoms with E-state index in [1.807, 2.05) is 6.92 Å². The maximum absolute atomic E-state index is 13.6. The number of rotatable bonds is 7. The van der Waals surface area contributed by atoms with Crippen molar-refractivity contribution in [2.45, 2.75) is 26.6 Å². The normalized spacial score (nSPS) is 11.5. The molecule has 2 aromatic carbocycles. The van der Waals surface area contributed by atoms with Crippen molar-refractivity contribution in [2.75, 3.05) is 6.54 Å². The molecule has 2 rings (SSSR count). The molecule has 0 heterocycles. The molecule has 0 aliphatic rings. The monoisotopic (exact) mass is 351 g/mol. The lowest BCUT2D eigenvalue weighted by Crippen LogP contribution is -2.37. The number of ether oxygens (including phenoxy) is 1. The second-order valence-corrected chi connectivity index (χ2v) is 5.17. The van der Waals surface area contributed by atoms with Gasteiger partial charge in [-0.05, 0) is 30.7 Å². The van der Waals surface area contributed by atoms with Gasteiger partial charge in [0, 0.05) is 18.7 Å². The number of aliphatic imine (C=N–C) groups is 1. The number of benzene rings is 2. The molecule has 0 fully saturated rings. The van der Waals surface area contributed by atoms with Gasteiger partial charge >= 0.3 is 6.61 Å². The van der Waals surface area contributed by atoms with Crippen molar-refractivity contribution < 1.29 is 17.9 Å². The summed E-state index contributed by atoms with van der Waals surface area (Å²) >= 11 is 0. The summed E-state index contributed by atoms with van der Waals surface area (Å²) in [5.41, 5.74) is 1.25. The van der Waals surface area contributed by atoms with Crippen LogP contribution in [0.3, 0.4) is 0 Å². The Kier molecular flexibility index (Phi) is 7.13. The molecule has 25 heavy (non-hydrogen) atoms. The number of halogens is 3. The van der Waals surface area contributed by atoms with Gasteiger partial charge in [0.05, 0.1) is 6.54 Å². The summed E-state index contributed by atoms with van der Waals surface area (Å²) in [7, 11) is 0. The molecule has 4 nitrogen and oxygen atoms in total. The molecule has 0 aliphatic carbocycles. The molecular formula is C18H20F3N3O. The van der Waals surface area contributed by atoms with E-state index in [-0.39, 0.29) is 24.7 Å². The van der Waals surface area contributed by atoms with Crippen molar-refractivity contribution in [3.8, 4) is 5.75 Å². The number of nitrogens with zero attached hydrogens (tertiary/aromatic N) is 1. The maximum Gasteiger partial charge on any atom is 0.387 e. The van der Waals surface area contributed by atoms with Crippen LogP contribution in [0.25, 0.3) is 0 Å². The van der Waals surface area contributed by atoms with Crippen LogP contribution in [0, 0.1) is 5.82 Å². The average Bonchev–Trinajstić information content (AvgIpc) is 2.58. The largest absolute Gasteiger partial charge is 0.435 e. The highest BCUT2D eigenvalue weighted by atomic mass is 19.3. The Labute approximate surface area is 144 Å². The third-order valence-corrected chi connectivity index (χ3v) is 3.29. The fraction of sp³-hybridized carbons (Fsp3) is 0.278. The predicted molar refractivity (Wildman–Crippen MR) is 91.1 cm³/mol. The molecule has 0 atom stereocenters. The Morgan fingerprint density at radius 1 is 1.12 bits per heavy atom. The van der Waals surface area contributed by atoms with Gasteiger partial charge in [-0.3, -0.25) is 0 Å². The smallest absolute Gasteiger partial charge is 0.387 e. The Balaban J connectivity index is 2.00. The standard InChI is InChI=1S/C18H20F3N3O/c1-2-22-18(24-12-14-7-3-4-9-16(14)19)23-11-13-6-5-8-15(10-13)25-17(20)21/h3-10,17H,2,11-12H2,1H3,(H2,22,23,24). The first kappa shape index (κ1) is 18.6. The molecule has 0 radical (unpaired) electrons. The number of guanidine groups is 1. The molecule has 2 N–H and O–H groups in total. The summed E-state index contributed by atoms with van der Waals surface area (Å²) in [6.45, 7) is 0.244. The Morgan fingerprint density at radius 2 is 1.92 bits per heavy atom. The molecule has 134 valence electrons. The van der Waals surface area contributed by atoms with Gasteiger partial charge in [0.1, 0.15) is 11.6 Å². The summed E-state index contributed by atoms with van der Waals surface area (Å²) in [5.74, 6) is 0.306. The summed E-state index contributed by atoms with van der Waals surface area (Å²) < 4.78 is 42.5. The van der Waals surface area contributed by atoms with E-state index in [2.05, 4.69) is 20.4 Å². The lowest BCUT2D eigenvalue weighted by Gasteiger charge is -2.12. The van der Waals surface area contributed by atoms with Gasteiger partial charge in [-0.25, -0.2) is 9.38 Å². The fourth-order valence-corrected chi connectivity index (χ4v) is 2.15. The van der Waals surface area contributed by atoms with Crippen LogP contribution in [0.1, 0.15) is 18.1 Å². The van der Waals surface area contributed by atoms with E-state index >= 15 is 0 Å². The van der Waals surface area contributed by atoms with Gasteiger partial charge in [-0.1, -0.05) is 30.3 Å². The topological polar surface area (TPSA) is 45.7 Å². The quantitative estimate of drug-likeness (QED) is 0.591. The molecule has 0 saturated carbocycles. The van der Waals surface area contributed by atoms with Gasteiger partial charge in [0.2, 0.25) is 0 Å². The zero-order valence-electron chi connectivity index (χ0n) is 13.8. The van der Waals surface area contributed by atoms with Crippen molar-refractivity contribution in [1.82, 2.24) is 10.6 Å². The van der Waals surface area contributed by atoms with E-state index in [4.69, 9.17) is 0 Å². The number of alkyl halides is 2. The molecular weight excluding hydrogens is 331 g/mol. The number of hydrogen-bond donors (Lipinski definition) is 2. The van der Waals surface area contributed by atoms with Gasteiger partial charge in [0.25, 0.3) is 0 Å². The zero-order valence-corrected chi connectivity index (χ0v) is 13.8. The summed E-state index contributed by atoms with van der Waals surface area (Å²) in [5, 5.41) is 6.10. The average molecular weight is 351 g/mol. The second kappa shape index (κ2) is 9.56. The highest BCUT2D eigenvalue weighted by Gasteiger charge is 2.05. The van der Waals surface area contributed by atoms with Crippen LogP contribution in [-0.2, 0) is 13.1 Å². The Morgan fingerprint density at radius 3 is 2.64 bits per heavy atom. The van der Waals surface area contributed by atoms with Crippen molar-refractivity contribution in [3.63, 3.8) is 0 Å². The van der Waals surface area contributed by atoms with Crippen LogP contribution in [0.4, 0.5) is 13.2 Å². The summed E-state index contributed by atoms with van der Waals surface area (Å²) in [6.07, 6.45) is 0. The lowest BCUT2D eigenvalue weighted by molar-refractivity contribution is -0.0498. The van der Waals surface area contributed by atoms with E-state index in [0.29, 0.717) is 18.1 Å². The molecule has 0 aromatic heterocycles. The number of nitrogens with one attached hydrogen (secondary N) is 2. The third-order valence-electron chi connectivity index (χ3n) is 3.29. The third kappa shape index (κ3) is 6.37. The van der Waals surface area contributed by atoms with Gasteiger partial charge in [-0.15, -0.1) is 0 Å². The first-order chi connectivity index (χ1) is 12.1. The minimum Gasteiger partial charge on any atom is -0.435 e. The van der Waals surface area contributed by atoms with Crippen LogP contribution in [0.5, 0.6) is 5.75 Å². The summed E-state index contributed by atoms with van der Waals surface area (Å²) in [6, 6.07) is 12.8. The van der Waals surface area contributed by atoms with Crippen LogP contribution in [0.15, 0.2) is 53.5 Å². The molecule has 0 unspecified atom stereocenters. The van der Waals surface area contributed by atoms with Crippen molar-refractivity contribution in [3.05, 3.63) is 65.5 Å². The first-order valence-corrected chi connectivity index (χ1v) is 7.88. The Bertz CT molecular complexity index is 707. The van der Waals surface area contributed by atoms with Crippen molar-refractivity contribution in [1.29, 1.82) is 0 Å². The molecule has 0 spiro atoms. The molecule has 7 heteroatoms. The van der Waals surface area contributed by atoms with Crippen molar-refractivity contribution in [2.24, 2.45) is 4.99 Å². The lowest BCUT2D eigenvalue weighted by atomic mass is 10.2. The zero-order chi connectivity index (χ0) is 18.1. The second-order valence-electron chi connectivity index (χ2n) is 5.17. The van der Waals surface area contributed by atoms with E-state index in [1.165, 1.54) is 18.2 Å². The van der Waals surface area contributed by atoms with Gasteiger partial charge in [-0.2, -0.15) is 8.78 Å². The van der Waals surface area contributed by atoms with Crippen molar-refractivity contribution >= 4 is 5.96 Å². The summed E-state index contributed by atoms with van der Waals surface area (Å²) in [4.78, 5) is 4.38. The van der Waals surface area contributed by atoms with Crippen LogP contribution >= 0.6 is 0 Å². The van der Waals surface area contributed by atoms with E-state index in [0.717, 1.165) is 5.56 Å². The minimum absolute atomic E-state index is 0.0898. The minimum atomic E-state index is -2.86. The molecule has 0 amide bonds. The van der Waals surface area contributed by atoms with Crippen LogP contribution < -0.4 is 15.4 Å². The van der Waals surface area contributed by atoms with Gasteiger partial charge < -0.3 is 15.4 Å². The van der Waals surface area contributed by atoms with E-state index < -0.39 is 6.61 Å². The van der Waals surface area contributed by atoms with Crippen LogP contribution in [-0.4, -0.2) is 19.1 Å². The molecule has 2 aromatic rings. The van der Waals surface area contributed by atoms with Gasteiger partial charge in [0.15, 0.2) is 5.96 Å². The predicted octanol–water partition coefficient (Wildman–Crippen LogP) is 3.68. The fourth-order valence-electron chi connectivity index (χ4n) is 2.15. The molecule has 0 bridgehead atoms. The maximum atomic E-state index is 13.6. The van der Waals surface area contributed by atoms with E-state index in [9.17, 15) is 13.2 Å². The number of hydrogen-bond acceptors (Lipinski definition) is 2. The molecule has 0 aliphatic heterocycles. The Hall–Kier alpha value is -2.70. The SMILES string of the molecule is CCNC(=NCc1cccc(OC(F)F)c1)NCc1ccccc1F. The highest BCUT2D eigenvalue weighted by molar-refractivity contribution is 5.79. The highest BCUT2D eigenvalue weighted by Crippen LogP contribution is 2.16.